The molecule has 2 aromatic rings. The van der Waals surface area contributed by atoms with Crippen LogP contribution in [0.1, 0.15) is 12.0 Å². The van der Waals surface area contributed by atoms with E-state index in [4.69, 9.17) is 22.1 Å². The Morgan fingerprint density at radius 1 is 1.15 bits per heavy atom. The van der Waals surface area contributed by atoms with E-state index in [1.807, 2.05) is 0 Å². The molecule has 0 amide bonds. The van der Waals surface area contributed by atoms with Crippen molar-refractivity contribution in [1.29, 1.82) is 0 Å². The van der Waals surface area contributed by atoms with Gasteiger partial charge in [0.25, 0.3) is 6.43 Å². The fourth-order valence-corrected chi connectivity index (χ4v) is 1.91. The highest BCUT2D eigenvalue weighted by Crippen LogP contribution is 2.34. The quantitative estimate of drug-likeness (QED) is 0.810. The maximum Gasteiger partial charge on any atom is 0.265 e. The summed E-state index contributed by atoms with van der Waals surface area (Å²) in [6, 6.07) is 9.22. The molecule has 0 aromatic heterocycles. The van der Waals surface area contributed by atoms with Crippen LogP contribution in [0.15, 0.2) is 36.4 Å². The summed E-state index contributed by atoms with van der Waals surface area (Å²) >= 11 is 6.04. The summed E-state index contributed by atoms with van der Waals surface area (Å²) < 4.78 is 31.1. The van der Waals surface area contributed by atoms with E-state index in [0.29, 0.717) is 16.5 Å². The predicted molar refractivity (Wildman–Crippen MR) is 77.1 cm³/mol. The number of halogens is 3. The first-order chi connectivity index (χ1) is 9.51. The molecule has 0 aliphatic rings. The minimum absolute atomic E-state index is 0.177. The lowest BCUT2D eigenvalue weighted by Gasteiger charge is -2.14. The third-order valence-electron chi connectivity index (χ3n) is 2.75. The Balaban J connectivity index is 2.39. The van der Waals surface area contributed by atoms with Gasteiger partial charge in [0, 0.05) is 23.0 Å². The zero-order valence-corrected chi connectivity index (χ0v) is 11.4. The molecule has 6 heteroatoms. The molecule has 20 heavy (non-hydrogen) atoms. The summed E-state index contributed by atoms with van der Waals surface area (Å²) in [5.41, 5.74) is 6.37. The molecule has 0 atom stereocenters. The fraction of sp³-hybridized carbons (Fsp3) is 0.143. The molecule has 3 nitrogen and oxygen atoms in total. The Hall–Kier alpha value is -2.01. The van der Waals surface area contributed by atoms with Crippen LogP contribution < -0.4 is 15.8 Å². The van der Waals surface area contributed by atoms with Crippen LogP contribution in [-0.2, 0) is 0 Å². The fourth-order valence-electron chi connectivity index (χ4n) is 1.75. The molecule has 106 valence electrons. The monoisotopic (exact) mass is 298 g/mol. The number of nitrogens with two attached hydrogens (primary N) is 1. The van der Waals surface area contributed by atoms with Gasteiger partial charge in [-0.05, 0) is 30.3 Å². The number of nitrogens with one attached hydrogen (secondary N) is 1. The van der Waals surface area contributed by atoms with Gasteiger partial charge in [-0.2, -0.15) is 0 Å². The molecule has 0 aliphatic heterocycles. The number of rotatable bonds is 4. The van der Waals surface area contributed by atoms with Crippen LogP contribution in [0.4, 0.5) is 25.8 Å². The maximum absolute atomic E-state index is 13.0. The zero-order valence-electron chi connectivity index (χ0n) is 10.7. The summed E-state index contributed by atoms with van der Waals surface area (Å²) in [5, 5.41) is 3.28. The molecule has 2 rings (SSSR count). The minimum atomic E-state index is -2.63. The molecule has 0 heterocycles. The van der Waals surface area contributed by atoms with Crippen LogP contribution in [0.3, 0.4) is 0 Å². The van der Waals surface area contributed by atoms with Crippen LogP contribution in [0.5, 0.6) is 5.75 Å². The lowest BCUT2D eigenvalue weighted by atomic mass is 10.1. The van der Waals surface area contributed by atoms with E-state index in [-0.39, 0.29) is 16.9 Å². The number of hydrogen-bond donors (Lipinski definition) is 2. The van der Waals surface area contributed by atoms with Gasteiger partial charge < -0.3 is 15.8 Å². The van der Waals surface area contributed by atoms with Gasteiger partial charge in [0.05, 0.1) is 17.8 Å². The molecule has 0 radical (unpaired) electrons. The Morgan fingerprint density at radius 3 is 2.55 bits per heavy atom. The van der Waals surface area contributed by atoms with Crippen molar-refractivity contribution in [1.82, 2.24) is 0 Å². The van der Waals surface area contributed by atoms with Gasteiger partial charge in [-0.15, -0.1) is 0 Å². The highest BCUT2D eigenvalue weighted by atomic mass is 35.5. The van der Waals surface area contributed by atoms with E-state index in [0.717, 1.165) is 0 Å². The SMILES string of the molecule is COc1ccc(Cl)c(Nc2ccc(N)cc2C(F)F)c1. The molecule has 2 aromatic carbocycles. The molecular weight excluding hydrogens is 286 g/mol. The van der Waals surface area contributed by atoms with Crippen LogP contribution in [-0.4, -0.2) is 7.11 Å². The largest absolute Gasteiger partial charge is 0.497 e. The van der Waals surface area contributed by atoms with E-state index in [1.165, 1.54) is 19.2 Å². The number of alkyl halides is 2. The van der Waals surface area contributed by atoms with Gasteiger partial charge in [-0.3, -0.25) is 0 Å². The Bertz CT molecular complexity index is 620. The average Bonchev–Trinajstić information content (AvgIpc) is 2.42. The van der Waals surface area contributed by atoms with Crippen LogP contribution >= 0.6 is 11.6 Å². The van der Waals surface area contributed by atoms with E-state index in [2.05, 4.69) is 5.32 Å². The van der Waals surface area contributed by atoms with Crippen molar-refractivity contribution < 1.29 is 13.5 Å². The second-order valence-corrected chi connectivity index (χ2v) is 4.53. The van der Waals surface area contributed by atoms with E-state index in [1.54, 1.807) is 24.3 Å². The first-order valence-corrected chi connectivity index (χ1v) is 6.17. The molecule has 0 unspecified atom stereocenters. The number of benzene rings is 2. The lowest BCUT2D eigenvalue weighted by molar-refractivity contribution is 0.152. The minimum Gasteiger partial charge on any atom is -0.497 e. The number of hydrogen-bond acceptors (Lipinski definition) is 3. The van der Waals surface area contributed by atoms with Gasteiger partial charge in [0.15, 0.2) is 0 Å². The molecule has 3 N–H and O–H groups in total. The molecule has 0 saturated carbocycles. The molecule has 0 saturated heterocycles. The van der Waals surface area contributed by atoms with Crippen molar-refractivity contribution in [3.05, 3.63) is 47.0 Å². The normalized spacial score (nSPS) is 10.7. The third kappa shape index (κ3) is 3.11. The summed E-state index contributed by atoms with van der Waals surface area (Å²) in [6.07, 6.45) is -2.63. The van der Waals surface area contributed by atoms with Crippen molar-refractivity contribution in [2.24, 2.45) is 0 Å². The Kier molecular flexibility index (Phi) is 4.29. The van der Waals surface area contributed by atoms with Crippen LogP contribution in [0.25, 0.3) is 0 Å². The van der Waals surface area contributed by atoms with Crippen molar-refractivity contribution in [3.8, 4) is 5.75 Å². The highest BCUT2D eigenvalue weighted by molar-refractivity contribution is 6.33. The molecule has 0 aliphatic carbocycles. The molecular formula is C14H13ClF2N2O. The number of methoxy groups -OCH3 is 1. The van der Waals surface area contributed by atoms with E-state index in [9.17, 15) is 8.78 Å². The predicted octanol–water partition coefficient (Wildman–Crippen LogP) is 4.61. The maximum atomic E-state index is 13.0. The van der Waals surface area contributed by atoms with Crippen LogP contribution in [0.2, 0.25) is 5.02 Å². The third-order valence-corrected chi connectivity index (χ3v) is 3.08. The van der Waals surface area contributed by atoms with Gasteiger partial charge in [-0.25, -0.2) is 8.78 Å². The van der Waals surface area contributed by atoms with Gasteiger partial charge in [0.1, 0.15) is 5.75 Å². The average molecular weight is 299 g/mol. The van der Waals surface area contributed by atoms with Gasteiger partial charge >= 0.3 is 0 Å². The van der Waals surface area contributed by atoms with Gasteiger partial charge in [0.2, 0.25) is 0 Å². The van der Waals surface area contributed by atoms with Gasteiger partial charge in [-0.1, -0.05) is 11.6 Å². The smallest absolute Gasteiger partial charge is 0.265 e. The van der Waals surface area contributed by atoms with E-state index >= 15 is 0 Å². The van der Waals surface area contributed by atoms with Crippen molar-refractivity contribution >= 4 is 28.7 Å². The molecule has 0 spiro atoms. The molecule has 0 bridgehead atoms. The second kappa shape index (κ2) is 5.96. The highest BCUT2D eigenvalue weighted by Gasteiger charge is 2.14. The van der Waals surface area contributed by atoms with Crippen molar-refractivity contribution in [2.45, 2.75) is 6.43 Å². The number of ether oxygens (including phenoxy) is 1. The Labute approximate surface area is 120 Å². The lowest BCUT2D eigenvalue weighted by Crippen LogP contribution is -1.99. The summed E-state index contributed by atoms with van der Waals surface area (Å²) in [4.78, 5) is 0. The van der Waals surface area contributed by atoms with Crippen molar-refractivity contribution in [3.63, 3.8) is 0 Å². The summed E-state index contributed by atoms with van der Waals surface area (Å²) in [5.74, 6) is 0.575. The summed E-state index contributed by atoms with van der Waals surface area (Å²) in [7, 11) is 1.51. The number of nitrogen functional groups attached to an aromatic ring is 1. The number of anilines is 3. The zero-order chi connectivity index (χ0) is 14.7. The van der Waals surface area contributed by atoms with E-state index < -0.39 is 6.43 Å². The standard InChI is InChI=1S/C14H13ClF2N2O/c1-20-9-3-4-11(15)13(7-9)19-12-5-2-8(18)6-10(12)14(16)17/h2-7,14,19H,18H2,1H3. The first kappa shape index (κ1) is 14.4. The Morgan fingerprint density at radius 2 is 1.90 bits per heavy atom. The topological polar surface area (TPSA) is 47.3 Å². The first-order valence-electron chi connectivity index (χ1n) is 5.79. The van der Waals surface area contributed by atoms with Crippen molar-refractivity contribution in [2.75, 3.05) is 18.2 Å². The summed E-state index contributed by atoms with van der Waals surface area (Å²) in [6.45, 7) is 0. The second-order valence-electron chi connectivity index (χ2n) is 4.12. The molecule has 0 fully saturated rings. The van der Waals surface area contributed by atoms with Crippen LogP contribution in [0, 0.1) is 0 Å².